The predicted molar refractivity (Wildman–Crippen MR) is 45.8 cm³/mol. The van der Waals surface area contributed by atoms with Crippen molar-refractivity contribution in [2.45, 2.75) is 12.5 Å². The van der Waals surface area contributed by atoms with Crippen LogP contribution in [0, 0.1) is 0 Å². The van der Waals surface area contributed by atoms with Crippen molar-refractivity contribution in [1.29, 1.82) is 0 Å². The third kappa shape index (κ3) is 2.37. The summed E-state index contributed by atoms with van der Waals surface area (Å²) in [6, 6.07) is 0. The molecule has 1 heterocycles. The summed E-state index contributed by atoms with van der Waals surface area (Å²) in [5.74, 6) is 0. The minimum atomic E-state index is -0.300. The van der Waals surface area contributed by atoms with E-state index in [-0.39, 0.29) is 11.6 Å². The van der Waals surface area contributed by atoms with Crippen LogP contribution in [0.5, 0.6) is 0 Å². The number of likely N-dealkylation sites (N-methyl/N-ethyl adjacent to an activating group) is 1. The van der Waals surface area contributed by atoms with Crippen LogP contribution < -0.4 is 5.32 Å². The molecule has 0 bridgehead atoms. The summed E-state index contributed by atoms with van der Waals surface area (Å²) in [5, 5.41) is 2.81. The number of carbonyl (C=O) groups excluding carboxylic acids is 1. The van der Waals surface area contributed by atoms with Crippen LogP contribution in [-0.2, 0) is 4.74 Å². The van der Waals surface area contributed by atoms with E-state index in [0.29, 0.717) is 6.61 Å². The Labute approximate surface area is 73.1 Å². The van der Waals surface area contributed by atoms with Crippen molar-refractivity contribution in [3.8, 4) is 0 Å². The molecule has 1 atom stereocenters. The second kappa shape index (κ2) is 2.62. The molecule has 1 amide bonds. The zero-order chi connectivity index (χ0) is 9.41. The number of amides is 1. The standard InChI is InChI=1S/C8H16N2O2/c1-8(5-10(2,3)4)6-12-7(11)9-8/h5-6H2,1-4H3/p+1. The molecule has 0 saturated carbocycles. The highest BCUT2D eigenvalue weighted by atomic mass is 16.6. The molecule has 1 aliphatic heterocycles. The largest absolute Gasteiger partial charge is 0.447 e. The van der Waals surface area contributed by atoms with Gasteiger partial charge in [-0.25, -0.2) is 4.79 Å². The van der Waals surface area contributed by atoms with Gasteiger partial charge in [0, 0.05) is 0 Å². The zero-order valence-electron chi connectivity index (χ0n) is 8.18. The van der Waals surface area contributed by atoms with Crippen LogP contribution in [0.25, 0.3) is 0 Å². The SMILES string of the molecule is CC1(C[N+](C)(C)C)COC(=O)N1. The first-order chi connectivity index (χ1) is 5.31. The van der Waals surface area contributed by atoms with Crippen LogP contribution in [-0.4, -0.2) is 50.4 Å². The van der Waals surface area contributed by atoms with Gasteiger partial charge in [-0.2, -0.15) is 0 Å². The fourth-order valence-electron chi connectivity index (χ4n) is 1.68. The van der Waals surface area contributed by atoms with Crippen LogP contribution in [0.1, 0.15) is 6.92 Å². The molecule has 70 valence electrons. The van der Waals surface area contributed by atoms with Crippen molar-refractivity contribution in [2.24, 2.45) is 0 Å². The molecule has 0 aromatic heterocycles. The first-order valence-corrected chi connectivity index (χ1v) is 4.06. The Morgan fingerprint density at radius 1 is 1.58 bits per heavy atom. The van der Waals surface area contributed by atoms with Gasteiger partial charge < -0.3 is 14.5 Å². The van der Waals surface area contributed by atoms with E-state index in [1.807, 2.05) is 6.92 Å². The molecular formula is C8H17N2O2+. The van der Waals surface area contributed by atoms with Crippen molar-refractivity contribution >= 4 is 6.09 Å². The Bertz CT molecular complexity index is 198. The Hall–Kier alpha value is -0.770. The molecule has 1 rings (SSSR count). The van der Waals surface area contributed by atoms with Crippen LogP contribution in [0.3, 0.4) is 0 Å². The molecule has 0 aromatic carbocycles. The highest BCUT2D eigenvalue weighted by Crippen LogP contribution is 2.14. The van der Waals surface area contributed by atoms with Crippen LogP contribution >= 0.6 is 0 Å². The number of alkyl carbamates (subject to hydrolysis) is 1. The normalized spacial score (nSPS) is 29.8. The quantitative estimate of drug-likeness (QED) is 0.605. The maximum absolute atomic E-state index is 10.8. The second-order valence-electron chi connectivity index (χ2n) is 4.71. The molecule has 0 radical (unpaired) electrons. The predicted octanol–water partition coefficient (Wildman–Crippen LogP) is 0.191. The van der Waals surface area contributed by atoms with Gasteiger partial charge in [-0.15, -0.1) is 0 Å². The van der Waals surface area contributed by atoms with E-state index >= 15 is 0 Å². The highest BCUT2D eigenvalue weighted by Gasteiger charge is 2.39. The van der Waals surface area contributed by atoms with E-state index in [9.17, 15) is 4.79 Å². The second-order valence-corrected chi connectivity index (χ2v) is 4.71. The van der Waals surface area contributed by atoms with Crippen LogP contribution in [0.2, 0.25) is 0 Å². The average molecular weight is 173 g/mol. The molecule has 4 nitrogen and oxygen atoms in total. The van der Waals surface area contributed by atoms with Crippen molar-refractivity contribution in [3.05, 3.63) is 0 Å². The zero-order valence-corrected chi connectivity index (χ0v) is 8.18. The van der Waals surface area contributed by atoms with Gasteiger partial charge in [0.2, 0.25) is 0 Å². The highest BCUT2D eigenvalue weighted by molar-refractivity contribution is 5.70. The fourth-order valence-corrected chi connectivity index (χ4v) is 1.68. The third-order valence-electron chi connectivity index (χ3n) is 1.75. The van der Waals surface area contributed by atoms with Gasteiger partial charge in [-0.1, -0.05) is 0 Å². The summed E-state index contributed by atoms with van der Waals surface area (Å²) < 4.78 is 5.67. The number of nitrogens with one attached hydrogen (secondary N) is 1. The number of quaternary nitrogens is 1. The lowest BCUT2D eigenvalue weighted by atomic mass is 10.0. The van der Waals surface area contributed by atoms with E-state index in [1.54, 1.807) is 0 Å². The number of ether oxygens (including phenoxy) is 1. The summed E-state index contributed by atoms with van der Waals surface area (Å²) in [7, 11) is 6.28. The Balaban J connectivity index is 2.56. The van der Waals surface area contributed by atoms with Gasteiger partial charge in [0.15, 0.2) is 0 Å². The number of carbonyl (C=O) groups is 1. The molecule has 0 aliphatic carbocycles. The molecule has 1 saturated heterocycles. The number of hydrogen-bond acceptors (Lipinski definition) is 2. The lowest BCUT2D eigenvalue weighted by Gasteiger charge is -2.32. The summed E-state index contributed by atoms with van der Waals surface area (Å²) in [5.41, 5.74) is -0.199. The van der Waals surface area contributed by atoms with Crippen molar-refractivity contribution in [3.63, 3.8) is 0 Å². The minimum Gasteiger partial charge on any atom is -0.447 e. The molecule has 1 unspecified atom stereocenters. The molecule has 0 aromatic rings. The fraction of sp³-hybridized carbons (Fsp3) is 0.875. The number of cyclic esters (lactones) is 1. The van der Waals surface area contributed by atoms with Crippen LogP contribution in [0.15, 0.2) is 0 Å². The lowest BCUT2D eigenvalue weighted by Crippen LogP contribution is -2.54. The van der Waals surface area contributed by atoms with Crippen molar-refractivity contribution < 1.29 is 14.0 Å². The molecule has 1 fully saturated rings. The molecular weight excluding hydrogens is 156 g/mol. The van der Waals surface area contributed by atoms with Crippen LogP contribution in [0.4, 0.5) is 4.79 Å². The number of rotatable bonds is 2. The summed E-state index contributed by atoms with van der Waals surface area (Å²) in [4.78, 5) is 10.8. The summed E-state index contributed by atoms with van der Waals surface area (Å²) in [6.45, 7) is 3.35. The molecule has 4 heteroatoms. The molecule has 1 N–H and O–H groups in total. The maximum atomic E-state index is 10.8. The molecule has 12 heavy (non-hydrogen) atoms. The van der Waals surface area contributed by atoms with E-state index in [4.69, 9.17) is 4.74 Å². The van der Waals surface area contributed by atoms with Gasteiger partial charge in [0.1, 0.15) is 18.7 Å². The van der Waals surface area contributed by atoms with Gasteiger partial charge in [-0.05, 0) is 6.92 Å². The average Bonchev–Trinajstić information content (AvgIpc) is 2.05. The lowest BCUT2D eigenvalue weighted by molar-refractivity contribution is -0.874. The van der Waals surface area contributed by atoms with Gasteiger partial charge in [0.05, 0.1) is 21.1 Å². The first-order valence-electron chi connectivity index (χ1n) is 4.06. The maximum Gasteiger partial charge on any atom is 0.407 e. The molecule has 0 spiro atoms. The monoisotopic (exact) mass is 173 g/mol. The summed E-state index contributed by atoms with van der Waals surface area (Å²) in [6.07, 6.45) is -0.300. The van der Waals surface area contributed by atoms with Gasteiger partial charge in [0.25, 0.3) is 0 Å². The Morgan fingerprint density at radius 3 is 2.50 bits per heavy atom. The minimum absolute atomic E-state index is 0.199. The number of nitrogens with zero attached hydrogens (tertiary/aromatic N) is 1. The van der Waals surface area contributed by atoms with Gasteiger partial charge in [-0.3, -0.25) is 0 Å². The first kappa shape index (κ1) is 9.32. The molecule has 1 aliphatic rings. The van der Waals surface area contributed by atoms with Crippen molar-refractivity contribution in [2.75, 3.05) is 34.3 Å². The van der Waals surface area contributed by atoms with Gasteiger partial charge >= 0.3 is 6.09 Å². The summed E-state index contributed by atoms with van der Waals surface area (Å²) >= 11 is 0. The third-order valence-corrected chi connectivity index (χ3v) is 1.75. The van der Waals surface area contributed by atoms with E-state index in [2.05, 4.69) is 26.5 Å². The van der Waals surface area contributed by atoms with Crippen molar-refractivity contribution in [1.82, 2.24) is 5.32 Å². The van der Waals surface area contributed by atoms with E-state index in [1.165, 1.54) is 0 Å². The Kier molecular flexibility index (Phi) is 2.04. The smallest absolute Gasteiger partial charge is 0.407 e. The van der Waals surface area contributed by atoms with E-state index in [0.717, 1.165) is 11.0 Å². The topological polar surface area (TPSA) is 38.3 Å². The van der Waals surface area contributed by atoms with E-state index < -0.39 is 0 Å². The Morgan fingerprint density at radius 2 is 2.17 bits per heavy atom. The number of hydrogen-bond donors (Lipinski definition) is 1.